The van der Waals surface area contributed by atoms with Gasteiger partial charge in [0.25, 0.3) is 0 Å². The Kier molecular flexibility index (Phi) is 5.89. The molecule has 1 aromatic rings. The van der Waals surface area contributed by atoms with Crippen molar-refractivity contribution in [3.8, 4) is 0 Å². The summed E-state index contributed by atoms with van der Waals surface area (Å²) in [6.45, 7) is 2.66. The number of hydrogen-bond acceptors (Lipinski definition) is 2. The number of nitrogens with one attached hydrogen (secondary N) is 1. The Bertz CT molecular complexity index is 435. The molecule has 0 heterocycles. The first-order chi connectivity index (χ1) is 9.70. The van der Waals surface area contributed by atoms with Crippen molar-refractivity contribution in [3.05, 3.63) is 30.1 Å². The zero-order chi connectivity index (χ0) is 14.4. The fourth-order valence-electron chi connectivity index (χ4n) is 2.79. The summed E-state index contributed by atoms with van der Waals surface area (Å²) in [5, 5.41) is 2.95. The lowest BCUT2D eigenvalue weighted by Gasteiger charge is -2.30. The molecule has 2 nitrogen and oxygen atoms in total. The van der Waals surface area contributed by atoms with Gasteiger partial charge in [-0.3, -0.25) is 4.79 Å². The van der Waals surface area contributed by atoms with E-state index >= 15 is 0 Å². The van der Waals surface area contributed by atoms with Crippen LogP contribution in [0.5, 0.6) is 0 Å². The van der Waals surface area contributed by atoms with Gasteiger partial charge in [-0.05, 0) is 49.9 Å². The summed E-state index contributed by atoms with van der Waals surface area (Å²) in [5.41, 5.74) is 0. The van der Waals surface area contributed by atoms with Gasteiger partial charge in [0.15, 0.2) is 0 Å². The first-order valence-electron chi connectivity index (χ1n) is 7.36. The molecule has 2 unspecified atom stereocenters. The predicted octanol–water partition coefficient (Wildman–Crippen LogP) is 3.86. The van der Waals surface area contributed by atoms with Gasteiger partial charge in [0.1, 0.15) is 5.82 Å². The Hall–Kier alpha value is -1.03. The molecule has 4 heteroatoms. The highest BCUT2D eigenvalue weighted by Gasteiger charge is 2.30. The molecular formula is C16H22FNOS. The average Bonchev–Trinajstić information content (AvgIpc) is 2.47. The van der Waals surface area contributed by atoms with Crippen molar-refractivity contribution in [3.63, 3.8) is 0 Å². The Morgan fingerprint density at radius 2 is 2.00 bits per heavy atom. The lowest BCUT2D eigenvalue weighted by molar-refractivity contribution is -0.127. The first kappa shape index (κ1) is 15.4. The molecule has 1 aliphatic rings. The number of hydrogen-bond donors (Lipinski definition) is 1. The number of halogens is 1. The molecule has 2 atom stereocenters. The molecule has 1 amide bonds. The third-order valence-corrected chi connectivity index (χ3v) is 5.07. The van der Waals surface area contributed by atoms with Crippen molar-refractivity contribution in [1.29, 1.82) is 0 Å². The van der Waals surface area contributed by atoms with Crippen LogP contribution in [-0.4, -0.2) is 18.2 Å². The maximum absolute atomic E-state index is 12.9. The predicted molar refractivity (Wildman–Crippen MR) is 81.3 cm³/mol. The number of benzene rings is 1. The topological polar surface area (TPSA) is 29.1 Å². The van der Waals surface area contributed by atoms with Crippen LogP contribution in [0.1, 0.15) is 32.6 Å². The highest BCUT2D eigenvalue weighted by Crippen LogP contribution is 2.34. The molecule has 0 aromatic heterocycles. The molecule has 0 radical (unpaired) electrons. The van der Waals surface area contributed by atoms with E-state index in [0.717, 1.165) is 29.9 Å². The second-order valence-electron chi connectivity index (χ2n) is 5.31. The average molecular weight is 295 g/mol. The van der Waals surface area contributed by atoms with Gasteiger partial charge in [0.2, 0.25) is 5.91 Å². The summed E-state index contributed by atoms with van der Waals surface area (Å²) in [6.07, 6.45) is 4.49. The van der Waals surface area contributed by atoms with Crippen molar-refractivity contribution in [2.75, 3.05) is 12.3 Å². The van der Waals surface area contributed by atoms with Crippen LogP contribution in [0.3, 0.4) is 0 Å². The van der Waals surface area contributed by atoms with Crippen LogP contribution in [-0.2, 0) is 4.79 Å². The van der Waals surface area contributed by atoms with Gasteiger partial charge in [-0.2, -0.15) is 0 Å². The van der Waals surface area contributed by atoms with Gasteiger partial charge in [-0.15, -0.1) is 11.8 Å². The van der Waals surface area contributed by atoms with Crippen LogP contribution in [0.4, 0.5) is 4.39 Å². The summed E-state index contributed by atoms with van der Waals surface area (Å²) in [5.74, 6) is 1.53. The van der Waals surface area contributed by atoms with Crippen molar-refractivity contribution < 1.29 is 9.18 Å². The first-order valence-corrected chi connectivity index (χ1v) is 8.35. The minimum Gasteiger partial charge on any atom is -0.356 e. The van der Waals surface area contributed by atoms with Gasteiger partial charge >= 0.3 is 0 Å². The molecule has 1 N–H and O–H groups in total. The van der Waals surface area contributed by atoms with Crippen molar-refractivity contribution in [2.24, 2.45) is 11.8 Å². The van der Waals surface area contributed by atoms with E-state index in [9.17, 15) is 9.18 Å². The fraction of sp³-hybridized carbons (Fsp3) is 0.562. The lowest BCUT2D eigenvalue weighted by Crippen LogP contribution is -2.37. The van der Waals surface area contributed by atoms with Crippen LogP contribution in [0.25, 0.3) is 0 Å². The van der Waals surface area contributed by atoms with Gasteiger partial charge in [-0.1, -0.05) is 12.8 Å². The molecule has 110 valence electrons. The third-order valence-electron chi connectivity index (χ3n) is 3.87. The zero-order valence-electron chi connectivity index (χ0n) is 11.9. The Morgan fingerprint density at radius 1 is 1.30 bits per heavy atom. The molecular weight excluding hydrogens is 273 g/mol. The van der Waals surface area contributed by atoms with E-state index in [2.05, 4.69) is 5.32 Å². The number of rotatable bonds is 5. The molecule has 1 fully saturated rings. The van der Waals surface area contributed by atoms with Gasteiger partial charge in [0, 0.05) is 23.1 Å². The lowest BCUT2D eigenvalue weighted by atomic mass is 9.80. The summed E-state index contributed by atoms with van der Waals surface area (Å²) in [4.78, 5) is 13.2. The number of carbonyl (C=O) groups excluding carboxylic acids is 1. The molecule has 0 saturated heterocycles. The maximum Gasteiger partial charge on any atom is 0.223 e. The van der Waals surface area contributed by atoms with Gasteiger partial charge in [0.05, 0.1) is 0 Å². The van der Waals surface area contributed by atoms with Crippen molar-refractivity contribution in [1.82, 2.24) is 5.32 Å². The SMILES string of the molecule is CCNC(=O)C1CCCCC1CSc1ccc(F)cc1. The van der Waals surface area contributed by atoms with Crippen molar-refractivity contribution >= 4 is 17.7 Å². The molecule has 20 heavy (non-hydrogen) atoms. The van der Waals surface area contributed by atoms with E-state index in [4.69, 9.17) is 0 Å². The minimum absolute atomic E-state index is 0.150. The van der Waals surface area contributed by atoms with E-state index in [-0.39, 0.29) is 17.6 Å². The monoisotopic (exact) mass is 295 g/mol. The van der Waals surface area contributed by atoms with E-state index < -0.39 is 0 Å². The standard InChI is InChI=1S/C16H22FNOS/c1-2-18-16(19)15-6-4-3-5-12(15)11-20-14-9-7-13(17)8-10-14/h7-10,12,15H,2-6,11H2,1H3,(H,18,19). The van der Waals surface area contributed by atoms with E-state index in [1.165, 1.54) is 18.6 Å². The summed E-state index contributed by atoms with van der Waals surface area (Å²) in [7, 11) is 0. The van der Waals surface area contributed by atoms with Crippen LogP contribution in [0.15, 0.2) is 29.2 Å². The molecule has 1 saturated carbocycles. The van der Waals surface area contributed by atoms with Crippen LogP contribution in [0.2, 0.25) is 0 Å². The summed E-state index contributed by atoms with van der Waals surface area (Å²) in [6, 6.07) is 6.60. The second-order valence-corrected chi connectivity index (χ2v) is 6.40. The third kappa shape index (κ3) is 4.23. The van der Waals surface area contributed by atoms with E-state index in [1.54, 1.807) is 11.8 Å². The highest BCUT2D eigenvalue weighted by molar-refractivity contribution is 7.99. The van der Waals surface area contributed by atoms with Gasteiger partial charge < -0.3 is 5.32 Å². The quantitative estimate of drug-likeness (QED) is 0.836. The second kappa shape index (κ2) is 7.67. The van der Waals surface area contributed by atoms with Crippen LogP contribution >= 0.6 is 11.8 Å². The van der Waals surface area contributed by atoms with Crippen molar-refractivity contribution in [2.45, 2.75) is 37.5 Å². The Balaban J connectivity index is 1.91. The van der Waals surface area contributed by atoms with Gasteiger partial charge in [-0.25, -0.2) is 4.39 Å². The number of amides is 1. The zero-order valence-corrected chi connectivity index (χ0v) is 12.7. The maximum atomic E-state index is 12.9. The summed E-state index contributed by atoms with van der Waals surface area (Å²) < 4.78 is 12.9. The Labute approximate surface area is 124 Å². The molecule has 2 rings (SSSR count). The number of carbonyl (C=O) groups is 1. The molecule has 1 aromatic carbocycles. The fourth-order valence-corrected chi connectivity index (χ4v) is 3.93. The molecule has 0 spiro atoms. The molecule has 0 bridgehead atoms. The molecule has 1 aliphatic carbocycles. The van der Waals surface area contributed by atoms with Crippen LogP contribution in [0, 0.1) is 17.7 Å². The van der Waals surface area contributed by atoms with E-state index in [0.29, 0.717) is 12.5 Å². The Morgan fingerprint density at radius 3 is 2.70 bits per heavy atom. The highest BCUT2D eigenvalue weighted by atomic mass is 32.2. The van der Waals surface area contributed by atoms with Crippen LogP contribution < -0.4 is 5.32 Å². The number of thioether (sulfide) groups is 1. The molecule has 0 aliphatic heterocycles. The normalized spacial score (nSPS) is 22.5. The minimum atomic E-state index is -0.202. The smallest absolute Gasteiger partial charge is 0.223 e. The summed E-state index contributed by atoms with van der Waals surface area (Å²) >= 11 is 1.73. The van der Waals surface area contributed by atoms with E-state index in [1.807, 2.05) is 19.1 Å². The largest absolute Gasteiger partial charge is 0.356 e.